The predicted octanol–water partition coefficient (Wildman–Crippen LogP) is 5.24. The third kappa shape index (κ3) is 14.6. The third-order valence-corrected chi connectivity index (χ3v) is 10.7. The molecule has 4 aliphatic rings. The second kappa shape index (κ2) is 22.8. The summed E-state index contributed by atoms with van der Waals surface area (Å²) in [5.74, 6) is 0.553. The molecule has 0 spiro atoms. The molecule has 25 heteroatoms. The highest BCUT2D eigenvalue weighted by atomic mass is 35.5. The summed E-state index contributed by atoms with van der Waals surface area (Å²) in [4.78, 5) is 51.7. The highest BCUT2D eigenvalue weighted by Gasteiger charge is 2.37. The molecule has 364 valence electrons. The van der Waals surface area contributed by atoms with Gasteiger partial charge in [-0.25, -0.2) is 19.9 Å². The van der Waals surface area contributed by atoms with E-state index < -0.39 is 23.5 Å². The molecular formula is C42H51ClF6N12O6. The minimum atomic E-state index is -4.64. The maximum Gasteiger partial charge on any atom is 0.417 e. The number of nitrogens with two attached hydrogens (primary N) is 2. The number of nitrogens with zero attached hydrogens (tertiary/aromatic N) is 9. The van der Waals surface area contributed by atoms with Crippen LogP contribution in [0, 0.1) is 0 Å². The number of alkyl halides is 6. The molecule has 4 aromatic heterocycles. The number of likely N-dealkylation sites (tertiary alicyclic amines) is 1. The van der Waals surface area contributed by atoms with E-state index in [2.05, 4.69) is 46.8 Å². The van der Waals surface area contributed by atoms with Gasteiger partial charge in [0.2, 0.25) is 34.8 Å². The number of ether oxygens (including phenoxy) is 4. The molecule has 8 rings (SSSR count). The summed E-state index contributed by atoms with van der Waals surface area (Å²) in [5.41, 5.74) is 8.97. The van der Waals surface area contributed by atoms with E-state index in [0.29, 0.717) is 84.5 Å². The standard InChI is InChI=1S/C21H25F3N6O3.C19H23F3N6O2.C2H3ClO/c1-13(31)29-4-2-14(3-5-29)33-19-11-17(27-20(28-19)30-6-8-32-9-7-30)15-12-26-18(25)10-16(15)21(22,23)24;20-19(21,22)14-9-16(23)25-11-13(14)15-10-17(30-12-1-3-24-4-2-12)27-18(26-15)28-5-7-29-8-6-28;1-2(3)4/h10-12,14H,2-9H2,1H3,(H2,25,26);9-12,24H,1-8H2,(H2,23,25);1H3. The summed E-state index contributed by atoms with van der Waals surface area (Å²) in [6.45, 7) is 9.57. The smallest absolute Gasteiger partial charge is 0.417 e. The van der Waals surface area contributed by atoms with Gasteiger partial charge in [-0.05, 0) is 49.7 Å². The first kappa shape index (κ1) is 50.6. The number of rotatable bonds is 8. The lowest BCUT2D eigenvalue weighted by Crippen LogP contribution is -2.41. The number of hydrogen-bond donors (Lipinski definition) is 3. The molecule has 1 amide bonds. The molecule has 18 nitrogen and oxygen atoms in total. The lowest BCUT2D eigenvalue weighted by molar-refractivity contribution is -0.137. The van der Waals surface area contributed by atoms with Crippen molar-refractivity contribution in [2.75, 3.05) is 100 Å². The van der Waals surface area contributed by atoms with Crippen LogP contribution < -0.4 is 36.1 Å². The topological polar surface area (TPSA) is 222 Å². The molecule has 0 atom stereocenters. The minimum Gasteiger partial charge on any atom is -0.474 e. The monoisotopic (exact) mass is 968 g/mol. The number of piperidine rings is 2. The molecule has 4 saturated heterocycles. The summed E-state index contributed by atoms with van der Waals surface area (Å²) < 4.78 is 105. The van der Waals surface area contributed by atoms with Crippen molar-refractivity contribution >= 4 is 46.3 Å². The van der Waals surface area contributed by atoms with Crippen LogP contribution in [0.15, 0.2) is 36.7 Å². The lowest BCUT2D eigenvalue weighted by Gasteiger charge is -2.31. The summed E-state index contributed by atoms with van der Waals surface area (Å²) in [6.07, 6.45) is -4.57. The Morgan fingerprint density at radius 2 is 1.04 bits per heavy atom. The highest BCUT2D eigenvalue weighted by molar-refractivity contribution is 6.62. The van der Waals surface area contributed by atoms with Crippen molar-refractivity contribution in [3.8, 4) is 34.3 Å². The fourth-order valence-electron chi connectivity index (χ4n) is 7.40. The number of anilines is 4. The molecule has 5 N–H and O–H groups in total. The normalized spacial score (nSPS) is 17.4. The van der Waals surface area contributed by atoms with E-state index >= 15 is 0 Å². The van der Waals surface area contributed by atoms with Crippen molar-refractivity contribution < 1.29 is 54.9 Å². The zero-order valence-corrected chi connectivity index (χ0v) is 37.5. The van der Waals surface area contributed by atoms with Crippen LogP contribution in [0.2, 0.25) is 0 Å². The SMILES string of the molecule is CC(=O)Cl.CC(=O)N1CCC(Oc2cc(-c3cnc(N)cc3C(F)(F)F)nc(N3CCOCC3)n2)CC1.Nc1cc(C(F)(F)F)c(-c2cc(OC3CCNCC3)nc(N3CCOCC3)n2)cn1. The zero-order valence-electron chi connectivity index (χ0n) is 36.7. The van der Waals surface area contributed by atoms with Crippen molar-refractivity contribution in [1.29, 1.82) is 0 Å². The Bertz CT molecular complexity index is 2300. The molecule has 0 bridgehead atoms. The van der Waals surface area contributed by atoms with Crippen LogP contribution in [0.4, 0.5) is 49.9 Å². The number of carbonyl (C=O) groups excluding carboxylic acids is 2. The van der Waals surface area contributed by atoms with Gasteiger partial charge in [-0.3, -0.25) is 9.59 Å². The summed E-state index contributed by atoms with van der Waals surface area (Å²) in [7, 11) is 0. The van der Waals surface area contributed by atoms with Crippen molar-refractivity contribution in [1.82, 2.24) is 40.1 Å². The van der Waals surface area contributed by atoms with Gasteiger partial charge in [0.15, 0.2) is 0 Å². The molecule has 0 radical (unpaired) electrons. The number of carbonyl (C=O) groups is 2. The molecule has 4 fully saturated rings. The quantitative estimate of drug-likeness (QED) is 0.152. The molecular weight excluding hydrogens is 918 g/mol. The molecule has 0 unspecified atom stereocenters. The number of amides is 1. The fourth-order valence-corrected chi connectivity index (χ4v) is 7.40. The van der Waals surface area contributed by atoms with Crippen LogP contribution in [0.3, 0.4) is 0 Å². The number of pyridine rings is 2. The van der Waals surface area contributed by atoms with Gasteiger partial charge in [0, 0.05) is 102 Å². The van der Waals surface area contributed by atoms with Crippen molar-refractivity contribution in [2.45, 2.75) is 64.1 Å². The van der Waals surface area contributed by atoms with Gasteiger partial charge in [0.1, 0.15) is 23.8 Å². The second-order valence-corrected chi connectivity index (χ2v) is 16.2. The van der Waals surface area contributed by atoms with Crippen LogP contribution in [-0.4, -0.2) is 137 Å². The number of morpholine rings is 2. The van der Waals surface area contributed by atoms with Gasteiger partial charge in [-0.15, -0.1) is 0 Å². The summed E-state index contributed by atoms with van der Waals surface area (Å²) in [5, 5.41) is 2.89. The Morgan fingerprint density at radius 1 is 0.657 bits per heavy atom. The third-order valence-electron chi connectivity index (χ3n) is 10.7. The van der Waals surface area contributed by atoms with Gasteiger partial charge in [-0.2, -0.15) is 36.3 Å². The maximum absolute atomic E-state index is 13.7. The van der Waals surface area contributed by atoms with Gasteiger partial charge in [0.25, 0.3) is 0 Å². The molecule has 67 heavy (non-hydrogen) atoms. The number of aromatic nitrogens is 6. The van der Waals surface area contributed by atoms with Crippen molar-refractivity contribution in [3.63, 3.8) is 0 Å². The van der Waals surface area contributed by atoms with E-state index in [9.17, 15) is 35.9 Å². The average molecular weight is 969 g/mol. The Morgan fingerprint density at radius 3 is 1.42 bits per heavy atom. The van der Waals surface area contributed by atoms with E-state index in [-0.39, 0.29) is 75.2 Å². The molecule has 0 aromatic carbocycles. The van der Waals surface area contributed by atoms with E-state index in [1.54, 1.807) is 4.90 Å². The van der Waals surface area contributed by atoms with Gasteiger partial charge in [0.05, 0.1) is 48.9 Å². The van der Waals surface area contributed by atoms with E-state index in [1.165, 1.54) is 26.0 Å². The second-order valence-electron chi connectivity index (χ2n) is 15.6. The van der Waals surface area contributed by atoms with Crippen molar-refractivity contribution in [3.05, 3.63) is 47.8 Å². The highest BCUT2D eigenvalue weighted by Crippen LogP contribution is 2.40. The summed E-state index contributed by atoms with van der Waals surface area (Å²) in [6, 6.07) is 4.45. The first-order chi connectivity index (χ1) is 31.8. The zero-order chi connectivity index (χ0) is 48.3. The van der Waals surface area contributed by atoms with Crippen LogP contribution in [-0.2, 0) is 31.4 Å². The molecule has 4 aromatic rings. The largest absolute Gasteiger partial charge is 0.474 e. The first-order valence-electron chi connectivity index (χ1n) is 21.4. The number of nitrogens with one attached hydrogen (secondary N) is 1. The molecule has 8 heterocycles. The summed E-state index contributed by atoms with van der Waals surface area (Å²) >= 11 is 4.64. The first-order valence-corrected chi connectivity index (χ1v) is 21.8. The Balaban J connectivity index is 0.000000206. The van der Waals surface area contributed by atoms with E-state index in [1.807, 2.05) is 9.80 Å². The predicted molar refractivity (Wildman–Crippen MR) is 234 cm³/mol. The van der Waals surface area contributed by atoms with Gasteiger partial charge < -0.3 is 50.4 Å². The lowest BCUT2D eigenvalue weighted by atomic mass is 10.1. The maximum atomic E-state index is 13.7. The Kier molecular flexibility index (Phi) is 17.2. The Hall–Kier alpha value is -5.85. The van der Waals surface area contributed by atoms with Crippen molar-refractivity contribution in [2.24, 2.45) is 0 Å². The number of hydrogen-bond acceptors (Lipinski definition) is 17. The van der Waals surface area contributed by atoms with E-state index in [0.717, 1.165) is 50.5 Å². The molecule has 4 aliphatic heterocycles. The van der Waals surface area contributed by atoms with Crippen LogP contribution in [0.1, 0.15) is 50.7 Å². The number of nitrogen functional groups attached to an aromatic ring is 2. The number of halogens is 7. The molecule has 0 saturated carbocycles. The van der Waals surface area contributed by atoms with Crippen LogP contribution in [0.5, 0.6) is 11.8 Å². The van der Waals surface area contributed by atoms with Crippen LogP contribution in [0.25, 0.3) is 22.5 Å². The fraction of sp³-hybridized carbons (Fsp3) is 0.524. The Labute approximate surface area is 386 Å². The van der Waals surface area contributed by atoms with Crippen LogP contribution >= 0.6 is 11.6 Å². The van der Waals surface area contributed by atoms with Gasteiger partial charge in [-0.1, -0.05) is 0 Å². The van der Waals surface area contributed by atoms with E-state index in [4.69, 9.17) is 30.4 Å². The minimum absolute atomic E-state index is 0.00269. The molecule has 0 aliphatic carbocycles. The van der Waals surface area contributed by atoms with Gasteiger partial charge >= 0.3 is 12.4 Å². The average Bonchev–Trinajstić information content (AvgIpc) is 3.29.